The van der Waals surface area contributed by atoms with Crippen LogP contribution in [0.2, 0.25) is 0 Å². The van der Waals surface area contributed by atoms with Crippen LogP contribution in [-0.2, 0) is 0 Å². The molecule has 2 N–H and O–H groups in total. The van der Waals surface area contributed by atoms with Crippen molar-refractivity contribution in [2.75, 3.05) is 12.4 Å². The van der Waals surface area contributed by atoms with E-state index in [0.29, 0.717) is 5.25 Å². The van der Waals surface area contributed by atoms with Gasteiger partial charge < -0.3 is 10.5 Å². The van der Waals surface area contributed by atoms with E-state index >= 15 is 0 Å². The summed E-state index contributed by atoms with van der Waals surface area (Å²) < 4.78 is 5.75. The third kappa shape index (κ3) is 4.91. The largest absolute Gasteiger partial charge is 0.493 e. The monoisotopic (exact) mass is 267 g/mol. The molecule has 1 aromatic rings. The zero-order valence-electron chi connectivity index (χ0n) is 11.7. The highest BCUT2D eigenvalue weighted by Gasteiger charge is 2.13. The van der Waals surface area contributed by atoms with Crippen LogP contribution in [-0.4, -0.2) is 17.6 Å². The Bertz CT molecular complexity index is 343. The van der Waals surface area contributed by atoms with Gasteiger partial charge in [-0.15, -0.1) is 0 Å². The molecule has 18 heavy (non-hydrogen) atoms. The minimum absolute atomic E-state index is 0.0528. The first-order chi connectivity index (χ1) is 8.69. The molecule has 0 radical (unpaired) electrons. The van der Waals surface area contributed by atoms with E-state index in [-0.39, 0.29) is 6.04 Å². The standard InChI is InChI=1S/C15H25NOS/c1-4-10-17-15-9-7-6-8-13(15)14(16)11-18-12(3)5-2/h6-9,12,14H,4-5,10-11,16H2,1-3H3. The molecule has 1 aromatic carbocycles. The van der Waals surface area contributed by atoms with Gasteiger partial charge in [-0.3, -0.25) is 0 Å². The van der Waals surface area contributed by atoms with Gasteiger partial charge in [0.25, 0.3) is 0 Å². The zero-order valence-corrected chi connectivity index (χ0v) is 12.5. The lowest BCUT2D eigenvalue weighted by Crippen LogP contribution is -2.16. The quantitative estimate of drug-likeness (QED) is 0.773. The average molecular weight is 267 g/mol. The number of hydrogen-bond donors (Lipinski definition) is 1. The maximum Gasteiger partial charge on any atom is 0.124 e. The molecule has 0 saturated heterocycles. The summed E-state index contributed by atoms with van der Waals surface area (Å²) in [6, 6.07) is 8.17. The van der Waals surface area contributed by atoms with E-state index in [1.54, 1.807) is 0 Å². The number of ether oxygens (including phenoxy) is 1. The van der Waals surface area contributed by atoms with Crippen molar-refractivity contribution < 1.29 is 4.74 Å². The molecular weight excluding hydrogens is 242 g/mol. The number of thioether (sulfide) groups is 1. The Morgan fingerprint density at radius 2 is 2.00 bits per heavy atom. The molecule has 2 nitrogen and oxygen atoms in total. The first kappa shape index (κ1) is 15.4. The number of nitrogens with two attached hydrogens (primary N) is 1. The van der Waals surface area contributed by atoms with Gasteiger partial charge in [0.15, 0.2) is 0 Å². The lowest BCUT2D eigenvalue weighted by molar-refractivity contribution is 0.313. The minimum Gasteiger partial charge on any atom is -0.493 e. The lowest BCUT2D eigenvalue weighted by Gasteiger charge is -2.18. The number of benzene rings is 1. The molecule has 0 amide bonds. The maximum atomic E-state index is 6.27. The molecule has 0 heterocycles. The van der Waals surface area contributed by atoms with Gasteiger partial charge in [-0.25, -0.2) is 0 Å². The second kappa shape index (κ2) is 8.44. The van der Waals surface area contributed by atoms with Crippen LogP contribution in [0.15, 0.2) is 24.3 Å². The predicted octanol–water partition coefficient (Wildman–Crippen LogP) is 4.01. The Morgan fingerprint density at radius 1 is 1.28 bits per heavy atom. The summed E-state index contributed by atoms with van der Waals surface area (Å²) in [6.45, 7) is 7.32. The fraction of sp³-hybridized carbons (Fsp3) is 0.600. The van der Waals surface area contributed by atoms with Crippen LogP contribution in [0.1, 0.15) is 45.2 Å². The van der Waals surface area contributed by atoms with Crippen molar-refractivity contribution in [3.63, 3.8) is 0 Å². The molecule has 102 valence electrons. The summed E-state index contributed by atoms with van der Waals surface area (Å²) in [5.41, 5.74) is 7.40. The molecule has 1 rings (SSSR count). The summed E-state index contributed by atoms with van der Waals surface area (Å²) in [5.74, 6) is 1.89. The van der Waals surface area contributed by atoms with Gasteiger partial charge in [-0.2, -0.15) is 11.8 Å². The van der Waals surface area contributed by atoms with E-state index in [4.69, 9.17) is 10.5 Å². The van der Waals surface area contributed by atoms with Gasteiger partial charge in [-0.05, 0) is 18.9 Å². The number of para-hydroxylation sites is 1. The van der Waals surface area contributed by atoms with Crippen LogP contribution >= 0.6 is 11.8 Å². The zero-order chi connectivity index (χ0) is 13.4. The van der Waals surface area contributed by atoms with Gasteiger partial charge in [0.2, 0.25) is 0 Å². The Balaban J connectivity index is 2.63. The number of hydrogen-bond acceptors (Lipinski definition) is 3. The summed E-state index contributed by atoms with van der Waals surface area (Å²) in [7, 11) is 0. The SMILES string of the molecule is CCCOc1ccccc1C(N)CSC(C)CC. The van der Waals surface area contributed by atoms with E-state index in [9.17, 15) is 0 Å². The smallest absolute Gasteiger partial charge is 0.124 e. The Hall–Kier alpha value is -0.670. The molecule has 0 aliphatic heterocycles. The van der Waals surface area contributed by atoms with E-state index in [0.717, 1.165) is 30.1 Å². The van der Waals surface area contributed by atoms with Crippen molar-refractivity contribution in [3.05, 3.63) is 29.8 Å². The molecule has 0 bridgehead atoms. The third-order valence-corrected chi connectivity index (χ3v) is 4.37. The first-order valence-corrected chi connectivity index (χ1v) is 7.82. The van der Waals surface area contributed by atoms with E-state index in [1.165, 1.54) is 6.42 Å². The first-order valence-electron chi connectivity index (χ1n) is 6.77. The Morgan fingerprint density at radius 3 is 2.67 bits per heavy atom. The maximum absolute atomic E-state index is 6.27. The van der Waals surface area contributed by atoms with Crippen molar-refractivity contribution in [1.82, 2.24) is 0 Å². The van der Waals surface area contributed by atoms with Crippen molar-refractivity contribution in [2.45, 2.75) is 44.9 Å². The second-order valence-corrected chi connectivity index (χ2v) is 6.02. The average Bonchev–Trinajstić information content (AvgIpc) is 2.42. The lowest BCUT2D eigenvalue weighted by atomic mass is 10.1. The van der Waals surface area contributed by atoms with Crippen molar-refractivity contribution in [2.24, 2.45) is 5.73 Å². The summed E-state index contributed by atoms with van der Waals surface area (Å²) in [6.07, 6.45) is 2.20. The van der Waals surface area contributed by atoms with Crippen molar-refractivity contribution in [3.8, 4) is 5.75 Å². The van der Waals surface area contributed by atoms with Gasteiger partial charge in [0.05, 0.1) is 6.61 Å². The molecule has 3 heteroatoms. The Kier molecular flexibility index (Phi) is 7.21. The highest BCUT2D eigenvalue weighted by Crippen LogP contribution is 2.27. The molecule has 0 aliphatic rings. The van der Waals surface area contributed by atoms with Gasteiger partial charge in [0.1, 0.15) is 5.75 Å². The van der Waals surface area contributed by atoms with Crippen molar-refractivity contribution >= 4 is 11.8 Å². The van der Waals surface area contributed by atoms with Crippen LogP contribution in [0.4, 0.5) is 0 Å². The van der Waals surface area contributed by atoms with Gasteiger partial charge in [-0.1, -0.05) is 39.0 Å². The normalized spacial score (nSPS) is 14.2. The van der Waals surface area contributed by atoms with E-state index < -0.39 is 0 Å². The molecule has 0 aromatic heterocycles. The fourth-order valence-electron chi connectivity index (χ4n) is 1.61. The summed E-state index contributed by atoms with van der Waals surface area (Å²) in [5, 5.41) is 0.666. The molecule has 0 aliphatic carbocycles. The second-order valence-electron chi connectivity index (χ2n) is 4.54. The molecule has 2 unspecified atom stereocenters. The fourth-order valence-corrected chi connectivity index (χ4v) is 2.56. The van der Waals surface area contributed by atoms with Crippen molar-refractivity contribution in [1.29, 1.82) is 0 Å². The highest BCUT2D eigenvalue weighted by molar-refractivity contribution is 7.99. The topological polar surface area (TPSA) is 35.2 Å². The van der Waals surface area contributed by atoms with Crippen LogP contribution in [0.3, 0.4) is 0 Å². The Labute approximate surface area is 115 Å². The molecular formula is C15H25NOS. The summed E-state index contributed by atoms with van der Waals surface area (Å²) in [4.78, 5) is 0. The predicted molar refractivity (Wildman–Crippen MR) is 81.4 cm³/mol. The van der Waals surface area contributed by atoms with Crippen LogP contribution in [0.25, 0.3) is 0 Å². The van der Waals surface area contributed by atoms with Gasteiger partial charge >= 0.3 is 0 Å². The highest BCUT2D eigenvalue weighted by atomic mass is 32.2. The summed E-state index contributed by atoms with van der Waals surface area (Å²) >= 11 is 1.93. The molecule has 0 spiro atoms. The third-order valence-electron chi connectivity index (χ3n) is 2.92. The minimum atomic E-state index is 0.0528. The van der Waals surface area contributed by atoms with E-state index in [1.807, 2.05) is 30.0 Å². The molecule has 0 saturated carbocycles. The van der Waals surface area contributed by atoms with Crippen LogP contribution in [0, 0.1) is 0 Å². The molecule has 0 fully saturated rings. The van der Waals surface area contributed by atoms with E-state index in [2.05, 4.69) is 26.8 Å². The van der Waals surface area contributed by atoms with Gasteiger partial charge in [0, 0.05) is 22.6 Å². The van der Waals surface area contributed by atoms with Crippen LogP contribution < -0.4 is 10.5 Å². The molecule has 2 atom stereocenters. The number of rotatable bonds is 8. The van der Waals surface area contributed by atoms with Crippen LogP contribution in [0.5, 0.6) is 5.75 Å².